The number of hydrogen-bond acceptors (Lipinski definition) is 5. The highest BCUT2D eigenvalue weighted by Crippen LogP contribution is 2.32. The van der Waals surface area contributed by atoms with E-state index < -0.39 is 16.1 Å². The van der Waals surface area contributed by atoms with Gasteiger partial charge in [0.2, 0.25) is 5.03 Å². The quantitative estimate of drug-likeness (QED) is 0.770. The maximum absolute atomic E-state index is 11.9. The van der Waals surface area contributed by atoms with Gasteiger partial charge in [-0.1, -0.05) is 5.21 Å². The second-order valence-corrected chi connectivity index (χ2v) is 6.50. The van der Waals surface area contributed by atoms with Crippen molar-refractivity contribution in [2.45, 2.75) is 24.0 Å². The molecule has 1 fully saturated rings. The van der Waals surface area contributed by atoms with Crippen LogP contribution in [0.4, 0.5) is 0 Å². The molecule has 1 atom stereocenters. The van der Waals surface area contributed by atoms with E-state index in [1.54, 1.807) is 0 Å². The van der Waals surface area contributed by atoms with Crippen molar-refractivity contribution in [1.29, 1.82) is 0 Å². The van der Waals surface area contributed by atoms with E-state index in [2.05, 4.69) is 31.0 Å². The van der Waals surface area contributed by atoms with E-state index in [-0.39, 0.29) is 22.1 Å². The third-order valence-electron chi connectivity index (χ3n) is 2.64. The molecule has 0 amide bonds. The van der Waals surface area contributed by atoms with Crippen molar-refractivity contribution >= 4 is 26.0 Å². The Morgan fingerprint density at radius 1 is 1.65 bits per heavy atom. The number of aryl methyl sites for hydroxylation is 1. The number of nitrogens with zero attached hydrogens (tertiary/aromatic N) is 3. The van der Waals surface area contributed by atoms with Gasteiger partial charge in [0.05, 0.1) is 6.10 Å². The number of sulfonamides is 1. The van der Waals surface area contributed by atoms with Crippen LogP contribution in [0.1, 0.15) is 12.8 Å². The first-order chi connectivity index (χ1) is 7.92. The summed E-state index contributed by atoms with van der Waals surface area (Å²) in [6.45, 7) is 0.0185. The Balaban J connectivity index is 2.08. The van der Waals surface area contributed by atoms with Crippen molar-refractivity contribution in [2.75, 3.05) is 6.54 Å². The van der Waals surface area contributed by atoms with Crippen LogP contribution in [0, 0.1) is 5.92 Å². The highest BCUT2D eigenvalue weighted by Gasteiger charge is 2.31. The zero-order chi connectivity index (χ0) is 12.6. The highest BCUT2D eigenvalue weighted by molar-refractivity contribution is 9.10. The second-order valence-electron chi connectivity index (χ2n) is 4.07. The van der Waals surface area contributed by atoms with Gasteiger partial charge in [-0.15, -0.1) is 5.10 Å². The lowest BCUT2D eigenvalue weighted by molar-refractivity contribution is 0.155. The van der Waals surface area contributed by atoms with Gasteiger partial charge in [0.1, 0.15) is 0 Å². The van der Waals surface area contributed by atoms with Crippen molar-refractivity contribution < 1.29 is 13.5 Å². The number of aromatic nitrogens is 3. The SMILES string of the molecule is Cn1nnc(Br)c1S(=O)(=O)NCC(O)C1CC1. The molecule has 96 valence electrons. The van der Waals surface area contributed by atoms with E-state index in [4.69, 9.17) is 0 Å². The normalized spacial score (nSPS) is 18.3. The lowest BCUT2D eigenvalue weighted by Gasteiger charge is -2.11. The maximum Gasteiger partial charge on any atom is 0.260 e. The number of hydrogen-bond donors (Lipinski definition) is 2. The Kier molecular flexibility index (Phi) is 3.53. The summed E-state index contributed by atoms with van der Waals surface area (Å²) in [5, 5.41) is 16.8. The van der Waals surface area contributed by atoms with Crippen LogP contribution in [-0.2, 0) is 17.1 Å². The van der Waals surface area contributed by atoms with Crippen LogP contribution in [-0.4, -0.2) is 41.2 Å². The smallest absolute Gasteiger partial charge is 0.260 e. The standard InChI is InChI=1S/C8H13BrN4O3S/c1-13-8(7(9)11-12-13)17(15,16)10-4-6(14)5-2-3-5/h5-6,10,14H,2-4H2,1H3. The van der Waals surface area contributed by atoms with Gasteiger partial charge in [0.15, 0.2) is 4.60 Å². The minimum atomic E-state index is -3.70. The topological polar surface area (TPSA) is 97.1 Å². The van der Waals surface area contributed by atoms with Gasteiger partial charge >= 0.3 is 0 Å². The summed E-state index contributed by atoms with van der Waals surface area (Å²) in [6.07, 6.45) is 1.30. The summed E-state index contributed by atoms with van der Waals surface area (Å²) in [7, 11) is -2.21. The fourth-order valence-electron chi connectivity index (χ4n) is 1.52. The summed E-state index contributed by atoms with van der Waals surface area (Å²) in [6, 6.07) is 0. The Hall–Kier alpha value is -0.510. The van der Waals surface area contributed by atoms with Crippen molar-refractivity contribution in [3.63, 3.8) is 0 Å². The molecule has 1 heterocycles. The molecule has 1 aromatic heterocycles. The van der Waals surface area contributed by atoms with Crippen molar-refractivity contribution in [3.8, 4) is 0 Å². The number of nitrogens with one attached hydrogen (secondary N) is 1. The molecule has 0 bridgehead atoms. The van der Waals surface area contributed by atoms with E-state index in [0.717, 1.165) is 17.5 Å². The van der Waals surface area contributed by atoms with Gasteiger partial charge in [-0.05, 0) is 34.7 Å². The second kappa shape index (κ2) is 4.63. The molecule has 9 heteroatoms. The van der Waals surface area contributed by atoms with E-state index in [1.807, 2.05) is 0 Å². The van der Waals surface area contributed by atoms with Crippen LogP contribution in [0.5, 0.6) is 0 Å². The first-order valence-electron chi connectivity index (χ1n) is 5.14. The van der Waals surface area contributed by atoms with Gasteiger partial charge in [0.25, 0.3) is 10.0 Å². The van der Waals surface area contributed by atoms with Crippen LogP contribution < -0.4 is 4.72 Å². The fourth-order valence-corrected chi connectivity index (χ4v) is 3.66. The molecule has 0 aromatic carbocycles. The summed E-state index contributed by atoms with van der Waals surface area (Å²) >= 11 is 3.03. The number of halogens is 1. The molecule has 7 nitrogen and oxygen atoms in total. The van der Waals surface area contributed by atoms with Crippen LogP contribution in [0.2, 0.25) is 0 Å². The van der Waals surface area contributed by atoms with Crippen molar-refractivity contribution in [3.05, 3.63) is 4.60 Å². The highest BCUT2D eigenvalue weighted by atomic mass is 79.9. The minimum Gasteiger partial charge on any atom is -0.391 e. The van der Waals surface area contributed by atoms with Crippen LogP contribution in [0.15, 0.2) is 9.63 Å². The molecule has 1 aromatic rings. The number of aliphatic hydroxyl groups excluding tert-OH is 1. The molecule has 1 saturated carbocycles. The summed E-state index contributed by atoms with van der Waals surface area (Å²) in [5.74, 6) is 0.228. The Morgan fingerprint density at radius 2 is 2.29 bits per heavy atom. The first kappa shape index (κ1) is 12.9. The molecule has 1 unspecified atom stereocenters. The lowest BCUT2D eigenvalue weighted by Crippen LogP contribution is -2.34. The van der Waals surface area contributed by atoms with E-state index in [0.29, 0.717) is 0 Å². The average molecular weight is 325 g/mol. The van der Waals surface area contributed by atoms with Crippen LogP contribution in [0.3, 0.4) is 0 Å². The molecule has 0 radical (unpaired) electrons. The molecular formula is C8H13BrN4O3S. The van der Waals surface area contributed by atoms with Gasteiger partial charge in [-0.2, -0.15) is 0 Å². The third kappa shape index (κ3) is 2.84. The molecule has 1 aliphatic rings. The first-order valence-corrected chi connectivity index (χ1v) is 7.42. The van der Waals surface area contributed by atoms with E-state index in [1.165, 1.54) is 7.05 Å². The monoisotopic (exact) mass is 324 g/mol. The number of rotatable bonds is 5. The molecule has 0 saturated heterocycles. The van der Waals surface area contributed by atoms with Crippen LogP contribution in [0.25, 0.3) is 0 Å². The van der Waals surface area contributed by atoms with Gasteiger partial charge < -0.3 is 5.11 Å². The summed E-state index contributed by atoms with van der Waals surface area (Å²) < 4.78 is 27.5. The van der Waals surface area contributed by atoms with Crippen LogP contribution >= 0.6 is 15.9 Å². The fraction of sp³-hybridized carbons (Fsp3) is 0.750. The maximum atomic E-state index is 11.9. The molecular weight excluding hydrogens is 312 g/mol. The zero-order valence-electron chi connectivity index (χ0n) is 9.17. The molecule has 0 spiro atoms. The Morgan fingerprint density at radius 3 is 2.76 bits per heavy atom. The minimum absolute atomic E-state index is 0.0185. The summed E-state index contributed by atoms with van der Waals surface area (Å²) in [5.41, 5.74) is 0. The average Bonchev–Trinajstić information content (AvgIpc) is 3.02. The van der Waals surface area contributed by atoms with Crippen molar-refractivity contribution in [1.82, 2.24) is 19.7 Å². The van der Waals surface area contributed by atoms with E-state index in [9.17, 15) is 13.5 Å². The Labute approximate surface area is 107 Å². The zero-order valence-corrected chi connectivity index (χ0v) is 11.6. The molecule has 1 aliphatic carbocycles. The number of aliphatic hydroxyl groups is 1. The van der Waals surface area contributed by atoms with Gasteiger partial charge in [-0.25, -0.2) is 17.8 Å². The molecule has 17 heavy (non-hydrogen) atoms. The van der Waals surface area contributed by atoms with E-state index >= 15 is 0 Å². The Bertz CT molecular complexity index is 491. The molecule has 2 N–H and O–H groups in total. The van der Waals surface area contributed by atoms with Crippen molar-refractivity contribution in [2.24, 2.45) is 13.0 Å². The summed E-state index contributed by atoms with van der Waals surface area (Å²) in [4.78, 5) is 0. The third-order valence-corrected chi connectivity index (χ3v) is 4.95. The lowest BCUT2D eigenvalue weighted by atomic mass is 10.2. The van der Waals surface area contributed by atoms with Gasteiger partial charge in [0, 0.05) is 13.6 Å². The molecule has 0 aliphatic heterocycles. The largest absolute Gasteiger partial charge is 0.391 e. The predicted molar refractivity (Wildman–Crippen MR) is 62.6 cm³/mol. The van der Waals surface area contributed by atoms with Gasteiger partial charge in [-0.3, -0.25) is 0 Å². The molecule has 2 rings (SSSR count). The predicted octanol–water partition coefficient (Wildman–Crippen LogP) is -0.373.